The lowest BCUT2D eigenvalue weighted by Gasteiger charge is -2.29. The minimum atomic E-state index is -0.157. The summed E-state index contributed by atoms with van der Waals surface area (Å²) in [6, 6.07) is 17.6. The van der Waals surface area contributed by atoms with Crippen molar-refractivity contribution in [3.05, 3.63) is 83.7 Å². The largest absolute Gasteiger partial charge is 0.497 e. The van der Waals surface area contributed by atoms with Crippen LogP contribution in [0.1, 0.15) is 36.4 Å². The maximum atomic E-state index is 13.5. The van der Waals surface area contributed by atoms with Crippen LogP contribution in [0.5, 0.6) is 11.5 Å². The van der Waals surface area contributed by atoms with Crippen molar-refractivity contribution >= 4 is 29.5 Å². The number of thioether (sulfide) groups is 1. The number of ether oxygens (including phenoxy) is 2. The number of benzene rings is 2. The number of allylic oxidation sites excluding steroid dienone is 1. The predicted molar refractivity (Wildman–Crippen MR) is 141 cm³/mol. The number of hydrogen-bond donors (Lipinski definition) is 0. The molecule has 1 aromatic heterocycles. The Balaban J connectivity index is 1.46. The molecular formula is C28H28N4O3S. The average molecular weight is 501 g/mol. The molecule has 0 radical (unpaired) electrons. The summed E-state index contributed by atoms with van der Waals surface area (Å²) in [7, 11) is 3.32. The average Bonchev–Trinajstić information content (AvgIpc) is 3.33. The highest BCUT2D eigenvalue weighted by molar-refractivity contribution is 7.99. The number of aromatic nitrogens is 2. The van der Waals surface area contributed by atoms with E-state index in [4.69, 9.17) is 14.6 Å². The third kappa shape index (κ3) is 5.14. The number of carbonyl (C=O) groups excluding carboxylic acids is 1. The van der Waals surface area contributed by atoms with Gasteiger partial charge in [0.2, 0.25) is 0 Å². The van der Waals surface area contributed by atoms with Crippen LogP contribution >= 0.6 is 11.8 Å². The molecular weight excluding hydrogens is 472 g/mol. The standard InChI is InChI=1S/C28H28N4O3S/c1-34-22-11-7-19(8-12-22)17-21-5-3-6-24-26(21)31-32(25(33)18-36-28-29-15-4-16-30-28)27(24)20-9-13-23(35-2)14-10-20/h4,7-17,24,27H,3,5-6,18H2,1-2H3/b21-17-/t24-,27+/m0/s1. The smallest absolute Gasteiger partial charge is 0.253 e. The first-order valence-electron chi connectivity index (χ1n) is 12.0. The number of hydrogen-bond acceptors (Lipinski definition) is 7. The van der Waals surface area contributed by atoms with Gasteiger partial charge < -0.3 is 9.47 Å². The van der Waals surface area contributed by atoms with Gasteiger partial charge in [-0.1, -0.05) is 36.0 Å². The third-order valence-corrected chi connectivity index (χ3v) is 7.40. The van der Waals surface area contributed by atoms with Crippen molar-refractivity contribution in [3.8, 4) is 11.5 Å². The Labute approximate surface area is 215 Å². The molecule has 1 aliphatic carbocycles. The molecule has 1 aliphatic heterocycles. The minimum Gasteiger partial charge on any atom is -0.497 e. The Morgan fingerprint density at radius 1 is 1.03 bits per heavy atom. The summed E-state index contributed by atoms with van der Waals surface area (Å²) in [6.07, 6.45) is 8.52. The first-order valence-corrected chi connectivity index (χ1v) is 12.9. The van der Waals surface area contributed by atoms with Crippen LogP contribution in [0.3, 0.4) is 0 Å². The molecule has 2 aliphatic rings. The maximum Gasteiger partial charge on any atom is 0.253 e. The number of hydrazone groups is 1. The molecule has 0 bridgehead atoms. The Bertz CT molecular complexity index is 1260. The number of amides is 1. The lowest BCUT2D eigenvalue weighted by Crippen LogP contribution is -2.32. The Kier molecular flexibility index (Phi) is 7.32. The lowest BCUT2D eigenvalue weighted by molar-refractivity contribution is -0.130. The molecule has 2 atom stereocenters. The van der Waals surface area contributed by atoms with E-state index in [9.17, 15) is 4.79 Å². The van der Waals surface area contributed by atoms with E-state index in [2.05, 4.69) is 16.0 Å². The van der Waals surface area contributed by atoms with Gasteiger partial charge in [0, 0.05) is 18.3 Å². The van der Waals surface area contributed by atoms with Crippen LogP contribution in [0.15, 0.2) is 82.8 Å². The number of carbonyl (C=O) groups is 1. The molecule has 5 rings (SSSR count). The SMILES string of the molecule is COc1ccc(/C=C2/CCC[C@H]3C2=NN(C(=O)CSc2ncccn2)[C@@H]3c2ccc(OC)cc2)cc1. The van der Waals surface area contributed by atoms with E-state index in [0.29, 0.717) is 5.16 Å². The minimum absolute atomic E-state index is 0.0565. The van der Waals surface area contributed by atoms with Crippen LogP contribution in [0.4, 0.5) is 0 Å². The molecule has 0 N–H and O–H groups in total. The van der Waals surface area contributed by atoms with Gasteiger partial charge >= 0.3 is 0 Å². The van der Waals surface area contributed by atoms with Gasteiger partial charge in [0.25, 0.3) is 5.91 Å². The number of rotatable bonds is 7. The zero-order valence-electron chi connectivity index (χ0n) is 20.3. The molecule has 0 saturated heterocycles. The summed E-state index contributed by atoms with van der Waals surface area (Å²) < 4.78 is 10.7. The highest BCUT2D eigenvalue weighted by atomic mass is 32.2. The van der Waals surface area contributed by atoms with Crippen LogP contribution in [0, 0.1) is 5.92 Å². The topological polar surface area (TPSA) is 76.9 Å². The summed E-state index contributed by atoms with van der Waals surface area (Å²) in [5, 5.41) is 7.22. The maximum absolute atomic E-state index is 13.5. The fourth-order valence-corrected chi connectivity index (χ4v) is 5.45. The van der Waals surface area contributed by atoms with Crippen LogP contribution in [0.25, 0.3) is 6.08 Å². The van der Waals surface area contributed by atoms with Gasteiger partial charge in [0.15, 0.2) is 5.16 Å². The first-order chi connectivity index (χ1) is 17.7. The predicted octanol–water partition coefficient (Wildman–Crippen LogP) is 5.41. The third-order valence-electron chi connectivity index (χ3n) is 6.54. The second-order valence-corrected chi connectivity index (χ2v) is 9.65. The summed E-state index contributed by atoms with van der Waals surface area (Å²) in [5.74, 6) is 1.92. The summed E-state index contributed by atoms with van der Waals surface area (Å²) >= 11 is 1.33. The normalized spacial score (nSPS) is 20.1. The van der Waals surface area contributed by atoms with Gasteiger partial charge in [-0.2, -0.15) is 5.10 Å². The van der Waals surface area contributed by atoms with Crippen molar-refractivity contribution in [1.82, 2.24) is 15.0 Å². The van der Waals surface area contributed by atoms with E-state index < -0.39 is 0 Å². The van der Waals surface area contributed by atoms with Crippen molar-refractivity contribution in [1.29, 1.82) is 0 Å². The second-order valence-electron chi connectivity index (χ2n) is 8.70. The van der Waals surface area contributed by atoms with Crippen LogP contribution in [-0.4, -0.2) is 46.6 Å². The van der Waals surface area contributed by atoms with Crippen LogP contribution in [-0.2, 0) is 4.79 Å². The molecule has 36 heavy (non-hydrogen) atoms. The van der Waals surface area contributed by atoms with Gasteiger partial charge in [-0.25, -0.2) is 15.0 Å². The van der Waals surface area contributed by atoms with Crippen LogP contribution < -0.4 is 9.47 Å². The van der Waals surface area contributed by atoms with E-state index in [-0.39, 0.29) is 23.6 Å². The molecule has 7 nitrogen and oxygen atoms in total. The van der Waals surface area contributed by atoms with Gasteiger partial charge in [-0.3, -0.25) is 4.79 Å². The Morgan fingerprint density at radius 3 is 2.36 bits per heavy atom. The van der Waals surface area contributed by atoms with E-state index in [1.807, 2.05) is 48.5 Å². The molecule has 1 saturated carbocycles. The second kappa shape index (κ2) is 11.0. The molecule has 1 amide bonds. The molecule has 0 unspecified atom stereocenters. The van der Waals surface area contributed by atoms with E-state index >= 15 is 0 Å². The summed E-state index contributed by atoms with van der Waals surface area (Å²) in [5.41, 5.74) is 4.34. The first kappa shape index (κ1) is 24.1. The van der Waals surface area contributed by atoms with Crippen molar-refractivity contribution in [3.63, 3.8) is 0 Å². The number of fused-ring (bicyclic) bond motifs is 1. The zero-order valence-corrected chi connectivity index (χ0v) is 21.1. The molecule has 0 spiro atoms. The summed E-state index contributed by atoms with van der Waals surface area (Å²) in [4.78, 5) is 21.9. The number of nitrogens with zero attached hydrogens (tertiary/aromatic N) is 4. The van der Waals surface area contributed by atoms with E-state index in [1.165, 1.54) is 17.3 Å². The van der Waals surface area contributed by atoms with Crippen molar-refractivity contribution in [2.75, 3.05) is 20.0 Å². The quantitative estimate of drug-likeness (QED) is 0.319. The van der Waals surface area contributed by atoms with E-state index in [0.717, 1.165) is 47.6 Å². The molecule has 2 aromatic carbocycles. The van der Waals surface area contributed by atoms with Gasteiger partial charge in [0.05, 0.1) is 31.7 Å². The highest BCUT2D eigenvalue weighted by Crippen LogP contribution is 2.45. The van der Waals surface area contributed by atoms with Gasteiger partial charge in [0.1, 0.15) is 11.5 Å². The monoisotopic (exact) mass is 500 g/mol. The van der Waals surface area contributed by atoms with Gasteiger partial charge in [-0.05, 0) is 72.4 Å². The molecule has 1 fully saturated rings. The highest BCUT2D eigenvalue weighted by Gasteiger charge is 2.43. The van der Waals surface area contributed by atoms with Crippen molar-refractivity contribution in [2.24, 2.45) is 11.0 Å². The molecule has 3 aromatic rings. The lowest BCUT2D eigenvalue weighted by atomic mass is 9.77. The zero-order chi connectivity index (χ0) is 24.9. The molecule has 184 valence electrons. The van der Waals surface area contributed by atoms with Gasteiger partial charge in [-0.15, -0.1) is 0 Å². The van der Waals surface area contributed by atoms with Crippen molar-refractivity contribution in [2.45, 2.75) is 30.5 Å². The summed E-state index contributed by atoms with van der Waals surface area (Å²) in [6.45, 7) is 0. The molecule has 2 heterocycles. The van der Waals surface area contributed by atoms with Crippen LogP contribution in [0.2, 0.25) is 0 Å². The fourth-order valence-electron chi connectivity index (χ4n) is 4.80. The Morgan fingerprint density at radius 2 is 1.69 bits per heavy atom. The van der Waals surface area contributed by atoms with Crippen molar-refractivity contribution < 1.29 is 14.3 Å². The number of methoxy groups -OCH3 is 2. The molecule has 8 heteroatoms. The fraction of sp³-hybridized carbons (Fsp3) is 0.286. The Hall–Kier alpha value is -3.65. The van der Waals surface area contributed by atoms with E-state index in [1.54, 1.807) is 37.7 Å².